The van der Waals surface area contributed by atoms with Gasteiger partial charge in [0, 0.05) is 30.1 Å². The molecule has 0 aliphatic heterocycles. The summed E-state index contributed by atoms with van der Waals surface area (Å²) in [6.45, 7) is 0. The highest BCUT2D eigenvalue weighted by Crippen LogP contribution is 2.27. The van der Waals surface area contributed by atoms with Crippen molar-refractivity contribution in [2.45, 2.75) is 4.90 Å². The summed E-state index contributed by atoms with van der Waals surface area (Å²) in [6.07, 6.45) is 1.67. The zero-order valence-corrected chi connectivity index (χ0v) is 17.0. The molecule has 2 aromatic carbocycles. The Balaban J connectivity index is 1.75. The second-order valence-corrected chi connectivity index (χ2v) is 9.22. The van der Waals surface area contributed by atoms with Gasteiger partial charge in [-0.15, -0.1) is 11.3 Å². The Morgan fingerprint density at radius 1 is 1.19 bits per heavy atom. The Hall–Kier alpha value is -2.26. The average Bonchev–Trinajstić information content (AvgIpc) is 3.12. The molecule has 3 rings (SSSR count). The molecule has 0 atom stereocenters. The van der Waals surface area contributed by atoms with E-state index in [0.29, 0.717) is 15.8 Å². The number of thiazole rings is 1. The smallest absolute Gasteiger partial charge is 0.242 e. The van der Waals surface area contributed by atoms with Crippen LogP contribution in [0, 0.1) is 0 Å². The van der Waals surface area contributed by atoms with Gasteiger partial charge in [-0.3, -0.25) is 5.43 Å². The van der Waals surface area contributed by atoms with Crippen LogP contribution in [0.15, 0.2) is 63.9 Å². The van der Waals surface area contributed by atoms with Crippen molar-refractivity contribution in [3.63, 3.8) is 0 Å². The van der Waals surface area contributed by atoms with Gasteiger partial charge in [0.05, 0.1) is 16.8 Å². The van der Waals surface area contributed by atoms with Crippen LogP contribution in [0.1, 0.15) is 5.56 Å². The number of sulfonamides is 1. The van der Waals surface area contributed by atoms with Gasteiger partial charge in [-0.1, -0.05) is 35.9 Å². The highest BCUT2D eigenvalue weighted by Gasteiger charge is 2.18. The Morgan fingerprint density at radius 3 is 2.63 bits per heavy atom. The predicted octanol–water partition coefficient (Wildman–Crippen LogP) is 4.16. The number of nitrogens with one attached hydrogen (secondary N) is 1. The molecule has 9 heteroatoms. The van der Waals surface area contributed by atoms with Crippen LogP contribution in [-0.2, 0) is 10.0 Å². The first-order valence-corrected chi connectivity index (χ1v) is 10.6. The van der Waals surface area contributed by atoms with Gasteiger partial charge in [-0.2, -0.15) is 5.10 Å². The highest BCUT2D eigenvalue weighted by atomic mass is 35.5. The molecule has 0 saturated heterocycles. The van der Waals surface area contributed by atoms with E-state index >= 15 is 0 Å². The van der Waals surface area contributed by atoms with Crippen LogP contribution < -0.4 is 5.43 Å². The minimum Gasteiger partial charge on any atom is -0.253 e. The number of nitrogens with zero attached hydrogens (tertiary/aromatic N) is 3. The summed E-state index contributed by atoms with van der Waals surface area (Å²) < 4.78 is 25.8. The molecule has 0 fully saturated rings. The SMILES string of the molecule is CN(C)S(=O)(=O)c1cccc(-c2csc(NN=Cc3ccc(Cl)cc3)n2)c1. The van der Waals surface area contributed by atoms with E-state index < -0.39 is 10.0 Å². The van der Waals surface area contributed by atoms with Gasteiger partial charge < -0.3 is 0 Å². The highest BCUT2D eigenvalue weighted by molar-refractivity contribution is 7.89. The summed E-state index contributed by atoms with van der Waals surface area (Å²) in [4.78, 5) is 4.69. The molecule has 0 aliphatic rings. The van der Waals surface area contributed by atoms with E-state index in [1.54, 1.807) is 36.5 Å². The van der Waals surface area contributed by atoms with Gasteiger partial charge >= 0.3 is 0 Å². The maximum Gasteiger partial charge on any atom is 0.242 e. The van der Waals surface area contributed by atoms with Gasteiger partial charge in [-0.05, 0) is 29.8 Å². The molecule has 1 aromatic heterocycles. The van der Waals surface area contributed by atoms with Crippen LogP contribution in [0.2, 0.25) is 5.02 Å². The van der Waals surface area contributed by atoms with E-state index in [2.05, 4.69) is 15.5 Å². The van der Waals surface area contributed by atoms with E-state index in [0.717, 1.165) is 11.1 Å². The number of anilines is 1. The number of benzene rings is 2. The lowest BCUT2D eigenvalue weighted by Gasteiger charge is -2.11. The summed E-state index contributed by atoms with van der Waals surface area (Å²) >= 11 is 7.23. The lowest BCUT2D eigenvalue weighted by molar-refractivity contribution is 0.521. The summed E-state index contributed by atoms with van der Waals surface area (Å²) in [5.74, 6) is 0. The Bertz CT molecular complexity index is 1060. The first-order valence-electron chi connectivity index (χ1n) is 7.89. The first kappa shape index (κ1) is 19.5. The molecule has 0 unspecified atom stereocenters. The largest absolute Gasteiger partial charge is 0.253 e. The van der Waals surface area contributed by atoms with Crippen molar-refractivity contribution in [3.8, 4) is 11.3 Å². The van der Waals surface area contributed by atoms with Crippen molar-refractivity contribution < 1.29 is 8.42 Å². The monoisotopic (exact) mass is 420 g/mol. The maximum atomic E-state index is 12.3. The number of hydrogen-bond donors (Lipinski definition) is 1. The quantitative estimate of drug-likeness (QED) is 0.480. The second kappa shape index (κ2) is 8.18. The topological polar surface area (TPSA) is 74.7 Å². The fourth-order valence-corrected chi connectivity index (χ4v) is 3.94. The number of rotatable bonds is 6. The van der Waals surface area contributed by atoms with E-state index in [9.17, 15) is 8.42 Å². The number of halogens is 1. The van der Waals surface area contributed by atoms with Gasteiger partial charge in [-0.25, -0.2) is 17.7 Å². The molecule has 3 aromatic rings. The Kier molecular flexibility index (Phi) is 5.91. The van der Waals surface area contributed by atoms with Crippen LogP contribution in [0.5, 0.6) is 0 Å². The number of hydrogen-bond acceptors (Lipinski definition) is 6. The van der Waals surface area contributed by atoms with Gasteiger partial charge in [0.1, 0.15) is 0 Å². The fraction of sp³-hybridized carbons (Fsp3) is 0.111. The van der Waals surface area contributed by atoms with Crippen molar-refractivity contribution in [3.05, 3.63) is 64.5 Å². The molecule has 1 heterocycles. The zero-order chi connectivity index (χ0) is 19.4. The van der Waals surface area contributed by atoms with Crippen molar-refractivity contribution in [2.24, 2.45) is 5.10 Å². The molecule has 140 valence electrons. The van der Waals surface area contributed by atoms with E-state index in [4.69, 9.17) is 11.6 Å². The van der Waals surface area contributed by atoms with Crippen molar-refractivity contribution in [1.82, 2.24) is 9.29 Å². The molecular formula is C18H17ClN4O2S2. The molecule has 0 radical (unpaired) electrons. The standard InChI is InChI=1S/C18H17ClN4O2S2/c1-23(2)27(24,25)16-5-3-4-14(10-16)17-12-26-18(21-17)22-20-11-13-6-8-15(19)9-7-13/h3-12H,1-2H3,(H,21,22). The molecule has 0 aliphatic carbocycles. The van der Waals surface area contributed by atoms with Crippen LogP contribution >= 0.6 is 22.9 Å². The summed E-state index contributed by atoms with van der Waals surface area (Å²) in [7, 11) is -0.477. The van der Waals surface area contributed by atoms with Crippen LogP contribution in [0.25, 0.3) is 11.3 Å². The minimum atomic E-state index is -3.49. The minimum absolute atomic E-state index is 0.230. The lowest BCUT2D eigenvalue weighted by Crippen LogP contribution is -2.22. The summed E-state index contributed by atoms with van der Waals surface area (Å²) in [5.41, 5.74) is 5.19. The second-order valence-electron chi connectivity index (χ2n) is 5.77. The average molecular weight is 421 g/mol. The fourth-order valence-electron chi connectivity index (χ4n) is 2.20. The van der Waals surface area contributed by atoms with Crippen LogP contribution in [0.4, 0.5) is 5.13 Å². The molecule has 27 heavy (non-hydrogen) atoms. The molecule has 6 nitrogen and oxygen atoms in total. The molecule has 0 bridgehead atoms. The van der Waals surface area contributed by atoms with Gasteiger partial charge in [0.2, 0.25) is 15.2 Å². The van der Waals surface area contributed by atoms with Gasteiger partial charge in [0.15, 0.2) is 0 Å². The Labute approximate surface area is 167 Å². The molecule has 0 saturated carbocycles. The van der Waals surface area contributed by atoms with E-state index in [1.165, 1.54) is 29.7 Å². The Morgan fingerprint density at radius 2 is 1.93 bits per heavy atom. The number of aromatic nitrogens is 1. The normalized spacial score (nSPS) is 12.0. The van der Waals surface area contributed by atoms with E-state index in [-0.39, 0.29) is 4.90 Å². The lowest BCUT2D eigenvalue weighted by atomic mass is 10.2. The van der Waals surface area contributed by atoms with Crippen LogP contribution in [0.3, 0.4) is 0 Å². The maximum absolute atomic E-state index is 12.3. The molecular weight excluding hydrogens is 404 g/mol. The third kappa shape index (κ3) is 4.72. The van der Waals surface area contributed by atoms with Crippen LogP contribution in [-0.4, -0.2) is 38.0 Å². The third-order valence-corrected chi connectivity index (χ3v) is 6.47. The van der Waals surface area contributed by atoms with Crippen molar-refractivity contribution in [2.75, 3.05) is 19.5 Å². The summed E-state index contributed by atoms with van der Waals surface area (Å²) in [6, 6.07) is 14.0. The number of hydrazone groups is 1. The van der Waals surface area contributed by atoms with Crippen molar-refractivity contribution in [1.29, 1.82) is 0 Å². The van der Waals surface area contributed by atoms with Crippen molar-refractivity contribution >= 4 is 44.3 Å². The molecule has 0 amide bonds. The van der Waals surface area contributed by atoms with Gasteiger partial charge in [0.25, 0.3) is 0 Å². The molecule has 1 N–H and O–H groups in total. The zero-order valence-electron chi connectivity index (χ0n) is 14.6. The third-order valence-electron chi connectivity index (χ3n) is 3.66. The summed E-state index contributed by atoms with van der Waals surface area (Å²) in [5, 5.41) is 7.28. The predicted molar refractivity (Wildman–Crippen MR) is 111 cm³/mol. The first-order chi connectivity index (χ1) is 12.9. The molecule has 0 spiro atoms. The van der Waals surface area contributed by atoms with E-state index in [1.807, 2.05) is 23.6 Å².